The molecular formula is C30H39N15O19P4. The van der Waals surface area contributed by atoms with Crippen molar-refractivity contribution in [3.63, 3.8) is 0 Å². The van der Waals surface area contributed by atoms with Crippen LogP contribution in [0.4, 0.5) is 17.5 Å². The van der Waals surface area contributed by atoms with Crippen molar-refractivity contribution in [2.24, 2.45) is 0 Å². The summed E-state index contributed by atoms with van der Waals surface area (Å²) in [6.07, 6.45) is -5.01. The van der Waals surface area contributed by atoms with Gasteiger partial charge in [-0.1, -0.05) is 0 Å². The molecule has 6 aromatic rings. The van der Waals surface area contributed by atoms with Gasteiger partial charge >= 0.3 is 31.3 Å². The number of rotatable bonds is 18. The number of aliphatic hydroxyl groups is 1. The van der Waals surface area contributed by atoms with Crippen LogP contribution in [0.5, 0.6) is 0 Å². The van der Waals surface area contributed by atoms with Crippen molar-refractivity contribution in [2.75, 3.05) is 37.0 Å². The SMILES string of the molecule is Nc1ncnc2c1ncn2[C@@H]1O[C@H](CO)C[C@H]1OP(=O)(O)OC[C@@H]1C[C@@H](OP(=O)(O)OC[C@@H]2C[C@@H](OP(=O)(O)OP(=O)(O)O)[C@H](n3cnc4c(N)ncnc43)O2)[C@H](n2cnc3c(N)ncnc32)O1. The van der Waals surface area contributed by atoms with Crippen molar-refractivity contribution in [1.29, 1.82) is 0 Å². The molecule has 6 aromatic heterocycles. The highest BCUT2D eigenvalue weighted by Crippen LogP contribution is 2.60. The van der Waals surface area contributed by atoms with Gasteiger partial charge in [-0.05, 0) is 0 Å². The fourth-order valence-electron chi connectivity index (χ4n) is 7.75. The normalized spacial score (nSPS) is 28.4. The van der Waals surface area contributed by atoms with Crippen molar-refractivity contribution in [2.45, 2.75) is 74.6 Å². The summed E-state index contributed by atoms with van der Waals surface area (Å²) in [6.45, 7) is -1.90. The number of imidazole rings is 3. The van der Waals surface area contributed by atoms with Crippen LogP contribution in [-0.2, 0) is 59.4 Å². The van der Waals surface area contributed by atoms with E-state index in [-0.39, 0.29) is 63.8 Å². The maximum absolute atomic E-state index is 13.7. The van der Waals surface area contributed by atoms with E-state index in [2.05, 4.69) is 49.2 Å². The predicted molar refractivity (Wildman–Crippen MR) is 221 cm³/mol. The van der Waals surface area contributed by atoms with E-state index in [4.69, 9.17) is 54.0 Å². The molecule has 34 nitrogen and oxygen atoms in total. The van der Waals surface area contributed by atoms with Gasteiger partial charge in [0.1, 0.15) is 53.8 Å². The lowest BCUT2D eigenvalue weighted by Crippen LogP contribution is -2.23. The number of nitrogen functional groups attached to an aromatic ring is 3. The molecule has 3 aliphatic rings. The van der Waals surface area contributed by atoms with E-state index in [0.717, 1.165) is 19.0 Å². The smallest absolute Gasteiger partial charge is 0.394 e. The molecule has 0 aromatic carbocycles. The van der Waals surface area contributed by atoms with Crippen LogP contribution in [0.1, 0.15) is 37.9 Å². The molecule has 0 amide bonds. The molecule has 368 valence electrons. The molecule has 9 heterocycles. The predicted octanol–water partition coefficient (Wildman–Crippen LogP) is -0.293. The second kappa shape index (κ2) is 18.6. The monoisotopic (exact) mass is 1040 g/mol. The van der Waals surface area contributed by atoms with E-state index in [9.17, 15) is 47.8 Å². The van der Waals surface area contributed by atoms with Crippen LogP contribution in [0.2, 0.25) is 0 Å². The summed E-state index contributed by atoms with van der Waals surface area (Å²) in [4.78, 5) is 87.2. The first-order valence-electron chi connectivity index (χ1n) is 19.6. The molecule has 0 radical (unpaired) electrons. The highest BCUT2D eigenvalue weighted by Gasteiger charge is 2.48. The third-order valence-electron chi connectivity index (χ3n) is 10.5. The summed E-state index contributed by atoms with van der Waals surface area (Å²) in [5.74, 6) is 0.00334. The van der Waals surface area contributed by atoms with E-state index < -0.39 is 113 Å². The summed E-state index contributed by atoms with van der Waals surface area (Å²) in [7, 11) is -21.2. The Hall–Kier alpha value is -4.63. The van der Waals surface area contributed by atoms with E-state index in [0.29, 0.717) is 0 Å². The maximum atomic E-state index is 13.7. The molecule has 3 fully saturated rings. The van der Waals surface area contributed by atoms with E-state index in [1.54, 1.807) is 0 Å². The maximum Gasteiger partial charge on any atom is 0.481 e. The number of hydrogen-bond donors (Lipinski definition) is 9. The quantitative estimate of drug-likeness (QED) is 0.0499. The molecule has 3 saturated heterocycles. The number of aromatic nitrogens is 12. The lowest BCUT2D eigenvalue weighted by molar-refractivity contribution is -0.0622. The first-order chi connectivity index (χ1) is 32.2. The zero-order chi connectivity index (χ0) is 48.3. The number of hydrogen-bond acceptors (Lipinski definition) is 26. The van der Waals surface area contributed by atoms with E-state index >= 15 is 0 Å². The number of phosphoric acid groups is 4. The minimum Gasteiger partial charge on any atom is -0.394 e. The van der Waals surface area contributed by atoms with Crippen LogP contribution in [-0.4, -0.2) is 145 Å². The van der Waals surface area contributed by atoms with Gasteiger partial charge in [0.05, 0.1) is 57.1 Å². The molecule has 0 spiro atoms. The van der Waals surface area contributed by atoms with E-state index in [1.165, 1.54) is 32.7 Å². The first kappa shape index (κ1) is 48.4. The molecular weight excluding hydrogens is 998 g/mol. The second-order valence-electron chi connectivity index (χ2n) is 15.1. The fourth-order valence-corrected chi connectivity index (χ4v) is 11.4. The highest BCUT2D eigenvalue weighted by atomic mass is 31.3. The van der Waals surface area contributed by atoms with Gasteiger partial charge in [-0.3, -0.25) is 36.3 Å². The minimum absolute atomic E-state index is 0.0153. The minimum atomic E-state index is -5.56. The lowest BCUT2D eigenvalue weighted by Gasteiger charge is -2.23. The summed E-state index contributed by atoms with van der Waals surface area (Å²) >= 11 is 0. The topological polar surface area (TPSA) is 482 Å². The van der Waals surface area contributed by atoms with Crippen LogP contribution in [0.3, 0.4) is 0 Å². The number of ether oxygens (including phenoxy) is 3. The number of aliphatic hydroxyl groups excluding tert-OH is 1. The molecule has 3 aliphatic heterocycles. The summed E-state index contributed by atoms with van der Waals surface area (Å²) in [6, 6.07) is 0. The molecule has 12 N–H and O–H groups in total. The zero-order valence-electron chi connectivity index (χ0n) is 34.3. The van der Waals surface area contributed by atoms with Crippen LogP contribution in [0.15, 0.2) is 38.0 Å². The van der Waals surface area contributed by atoms with Gasteiger partial charge in [0.15, 0.2) is 53.1 Å². The van der Waals surface area contributed by atoms with E-state index in [1.807, 2.05) is 0 Å². The molecule has 0 saturated carbocycles. The Kier molecular flexibility index (Phi) is 13.2. The summed E-state index contributed by atoms with van der Waals surface area (Å²) in [5.41, 5.74) is 18.6. The highest BCUT2D eigenvalue weighted by molar-refractivity contribution is 7.60. The third-order valence-corrected chi connectivity index (χ3v) is 14.7. The molecule has 0 bridgehead atoms. The Balaban J connectivity index is 0.899. The van der Waals surface area contributed by atoms with Crippen LogP contribution >= 0.6 is 31.3 Å². The number of nitrogens with zero attached hydrogens (tertiary/aromatic N) is 12. The van der Waals surface area contributed by atoms with Gasteiger partial charge in [0, 0.05) is 19.3 Å². The van der Waals surface area contributed by atoms with Crippen molar-refractivity contribution in [3.05, 3.63) is 38.0 Å². The summed E-state index contributed by atoms with van der Waals surface area (Å²) < 4.78 is 104. The Morgan fingerprint density at radius 1 is 0.529 bits per heavy atom. The van der Waals surface area contributed by atoms with Crippen LogP contribution < -0.4 is 17.2 Å². The summed E-state index contributed by atoms with van der Waals surface area (Å²) in [5, 5.41) is 9.87. The number of phosphoric ester groups is 3. The Bertz CT molecular complexity index is 3030. The Morgan fingerprint density at radius 3 is 1.22 bits per heavy atom. The Morgan fingerprint density at radius 2 is 0.868 bits per heavy atom. The van der Waals surface area contributed by atoms with Gasteiger partial charge in [0.2, 0.25) is 0 Å². The average molecular weight is 1040 g/mol. The average Bonchev–Trinajstić information content (AvgIpc) is 4.12. The number of nitrogens with two attached hydrogens (primary N) is 3. The van der Waals surface area contributed by atoms with Gasteiger partial charge in [-0.15, -0.1) is 0 Å². The van der Waals surface area contributed by atoms with Gasteiger partial charge < -0.3 is 61.0 Å². The molecule has 3 unspecified atom stereocenters. The molecule has 0 aliphatic carbocycles. The van der Waals surface area contributed by atoms with Crippen LogP contribution in [0.25, 0.3) is 33.5 Å². The number of anilines is 3. The Labute approximate surface area is 378 Å². The second-order valence-corrected chi connectivity index (χ2v) is 20.7. The lowest BCUT2D eigenvalue weighted by atomic mass is 10.2. The van der Waals surface area contributed by atoms with Crippen molar-refractivity contribution in [1.82, 2.24) is 58.6 Å². The molecule has 9 rings (SSSR count). The molecule has 12 atom stereocenters. The van der Waals surface area contributed by atoms with Crippen molar-refractivity contribution in [3.8, 4) is 0 Å². The van der Waals surface area contributed by atoms with Crippen LogP contribution in [0, 0.1) is 0 Å². The molecule has 38 heteroatoms. The molecule has 68 heavy (non-hydrogen) atoms. The van der Waals surface area contributed by atoms with Gasteiger partial charge in [-0.2, -0.15) is 4.31 Å². The first-order valence-corrected chi connectivity index (χ1v) is 25.6. The third kappa shape index (κ3) is 10.3. The fraction of sp³-hybridized carbons (Fsp3) is 0.500. The standard InChI is InChI=1S/C30H39N15O19P4/c31-22-19-25(37-7-34-22)43(10-40-19)28-16(1-13(4-46)58-28)61-66(50,51)56-5-14-2-17(29(59-14)44-11-41-20-23(32)35-8-38-26(20)44)62-67(52,53)57-6-15-3-18(63-68(54,55)64-65(47,48)49)30(60-15)45-12-42-21-24(33)36-9-39-27(21)45/h7-18,28-30,46H,1-6H2,(H,50,51)(H,52,53)(H,54,55)(H2,31,34,37)(H2,32,35,38)(H2,33,36,39)(H2,47,48,49)/t13-,14-,15-,16+,17+,18+,28+,29+,30+/m0/s1. The zero-order valence-corrected chi connectivity index (χ0v) is 37.9. The largest absolute Gasteiger partial charge is 0.481 e. The van der Waals surface area contributed by atoms with Gasteiger partial charge in [-0.25, -0.2) is 63.1 Å². The van der Waals surface area contributed by atoms with Crippen molar-refractivity contribution >= 4 is 82.2 Å². The van der Waals surface area contributed by atoms with Crippen molar-refractivity contribution < 1.29 is 89.0 Å². The van der Waals surface area contributed by atoms with Gasteiger partial charge in [0.25, 0.3) is 0 Å². The number of fused-ring (bicyclic) bond motifs is 3.